The summed E-state index contributed by atoms with van der Waals surface area (Å²) >= 11 is 0. The number of carbonyl (C=O) groups is 1. The number of amides is 1. The van der Waals surface area contributed by atoms with E-state index in [0.717, 1.165) is 13.1 Å². The van der Waals surface area contributed by atoms with Crippen LogP contribution in [0.4, 0.5) is 11.4 Å². The van der Waals surface area contributed by atoms with Crippen molar-refractivity contribution in [2.75, 3.05) is 25.0 Å². The van der Waals surface area contributed by atoms with Gasteiger partial charge in [0.2, 0.25) is 5.91 Å². The average molecular weight is 293 g/mol. The molecule has 7 heteroatoms. The topological polar surface area (TPSA) is 84.7 Å². The molecular weight excluding hydrogens is 274 g/mol. The van der Waals surface area contributed by atoms with Crippen LogP contribution < -0.4 is 5.32 Å². The molecule has 114 valence electrons. The maximum Gasteiger partial charge on any atom is 0.269 e. The molecule has 1 aliphatic rings. The fourth-order valence-corrected chi connectivity index (χ4v) is 2.28. The number of hydrogen-bond donors (Lipinski definition) is 1. The molecule has 1 N–H and O–H groups in total. The van der Waals surface area contributed by atoms with Gasteiger partial charge in [-0.05, 0) is 26.0 Å². The Morgan fingerprint density at radius 2 is 2.14 bits per heavy atom. The third kappa shape index (κ3) is 3.99. The third-order valence-electron chi connectivity index (χ3n) is 3.55. The highest BCUT2D eigenvalue weighted by Gasteiger charge is 2.26. The van der Waals surface area contributed by atoms with Crippen molar-refractivity contribution in [3.63, 3.8) is 0 Å². The van der Waals surface area contributed by atoms with E-state index < -0.39 is 4.92 Å². The summed E-state index contributed by atoms with van der Waals surface area (Å²) in [4.78, 5) is 24.4. The highest BCUT2D eigenvalue weighted by molar-refractivity contribution is 5.94. The molecule has 0 aliphatic carbocycles. The molecule has 2 atom stereocenters. The minimum absolute atomic E-state index is 0.00283. The number of anilines is 1. The van der Waals surface area contributed by atoms with Gasteiger partial charge in [-0.15, -0.1) is 0 Å². The van der Waals surface area contributed by atoms with Crippen LogP contribution in [-0.2, 0) is 9.53 Å². The standard InChI is InChI=1S/C14H19N3O4/c1-10-9-16(7-8-21-10)11(2)14(18)15-12-3-5-13(6-4-12)17(19)20/h3-6,10-11H,7-9H2,1-2H3,(H,15,18). The van der Waals surface area contributed by atoms with Crippen molar-refractivity contribution in [1.29, 1.82) is 0 Å². The molecule has 0 radical (unpaired) electrons. The highest BCUT2D eigenvalue weighted by atomic mass is 16.6. The first-order valence-electron chi connectivity index (χ1n) is 6.88. The normalized spacial score (nSPS) is 20.8. The van der Waals surface area contributed by atoms with Crippen LogP contribution in [0.25, 0.3) is 0 Å². The molecular formula is C14H19N3O4. The summed E-state index contributed by atoms with van der Waals surface area (Å²) in [5.41, 5.74) is 0.557. The molecule has 7 nitrogen and oxygen atoms in total. The van der Waals surface area contributed by atoms with Crippen molar-refractivity contribution < 1.29 is 14.5 Å². The number of nitrogens with zero attached hydrogens (tertiary/aromatic N) is 2. The summed E-state index contributed by atoms with van der Waals surface area (Å²) in [5, 5.41) is 13.4. The van der Waals surface area contributed by atoms with Gasteiger partial charge in [0.05, 0.1) is 23.7 Å². The number of nitrogens with one attached hydrogen (secondary N) is 1. The molecule has 2 unspecified atom stereocenters. The second-order valence-corrected chi connectivity index (χ2v) is 5.15. The predicted octanol–water partition coefficient (Wildman–Crippen LogP) is 1.64. The lowest BCUT2D eigenvalue weighted by Crippen LogP contribution is -2.50. The summed E-state index contributed by atoms with van der Waals surface area (Å²) in [6.07, 6.45) is 0.119. The van der Waals surface area contributed by atoms with Crippen LogP contribution in [-0.4, -0.2) is 47.6 Å². The zero-order valence-electron chi connectivity index (χ0n) is 12.1. The fraction of sp³-hybridized carbons (Fsp3) is 0.500. The van der Waals surface area contributed by atoms with Crippen molar-refractivity contribution in [3.8, 4) is 0 Å². The first kappa shape index (κ1) is 15.4. The second-order valence-electron chi connectivity index (χ2n) is 5.15. The van der Waals surface area contributed by atoms with Gasteiger partial charge >= 0.3 is 0 Å². The van der Waals surface area contributed by atoms with Gasteiger partial charge in [-0.3, -0.25) is 19.8 Å². The molecule has 1 aromatic rings. The Morgan fingerprint density at radius 3 is 2.71 bits per heavy atom. The summed E-state index contributed by atoms with van der Waals surface area (Å²) in [5.74, 6) is -0.127. The Hall–Kier alpha value is -1.99. The van der Waals surface area contributed by atoms with E-state index in [1.807, 2.05) is 13.8 Å². The summed E-state index contributed by atoms with van der Waals surface area (Å²) < 4.78 is 5.45. The number of non-ortho nitro benzene ring substituents is 1. The van der Waals surface area contributed by atoms with Crippen molar-refractivity contribution in [3.05, 3.63) is 34.4 Å². The summed E-state index contributed by atoms with van der Waals surface area (Å²) in [6, 6.07) is 5.54. The molecule has 1 amide bonds. The van der Waals surface area contributed by atoms with Crippen LogP contribution >= 0.6 is 0 Å². The molecule has 21 heavy (non-hydrogen) atoms. The van der Waals surface area contributed by atoms with Crippen molar-refractivity contribution in [2.45, 2.75) is 26.0 Å². The van der Waals surface area contributed by atoms with E-state index in [4.69, 9.17) is 4.74 Å². The number of benzene rings is 1. The Balaban J connectivity index is 1.95. The number of ether oxygens (including phenoxy) is 1. The quantitative estimate of drug-likeness (QED) is 0.674. The zero-order chi connectivity index (χ0) is 15.4. The molecule has 1 heterocycles. The van der Waals surface area contributed by atoms with Gasteiger partial charge in [0.25, 0.3) is 5.69 Å². The number of morpholine rings is 1. The Bertz CT molecular complexity index is 517. The van der Waals surface area contributed by atoms with Gasteiger partial charge < -0.3 is 10.1 Å². The monoisotopic (exact) mass is 293 g/mol. The molecule has 1 saturated heterocycles. The number of nitro groups is 1. The van der Waals surface area contributed by atoms with Crippen molar-refractivity contribution in [2.24, 2.45) is 0 Å². The molecule has 1 aliphatic heterocycles. The Labute approximate surface area is 123 Å². The lowest BCUT2D eigenvalue weighted by Gasteiger charge is -2.34. The lowest BCUT2D eigenvalue weighted by molar-refractivity contribution is -0.384. The van der Waals surface area contributed by atoms with Gasteiger partial charge in [-0.1, -0.05) is 0 Å². The van der Waals surface area contributed by atoms with E-state index in [1.54, 1.807) is 0 Å². The maximum absolute atomic E-state index is 12.2. The van der Waals surface area contributed by atoms with E-state index in [1.165, 1.54) is 24.3 Å². The van der Waals surface area contributed by atoms with Gasteiger partial charge in [-0.2, -0.15) is 0 Å². The van der Waals surface area contributed by atoms with Crippen molar-refractivity contribution in [1.82, 2.24) is 4.90 Å². The lowest BCUT2D eigenvalue weighted by atomic mass is 10.2. The number of nitro benzene ring substituents is 1. The molecule has 1 aromatic carbocycles. The minimum Gasteiger partial charge on any atom is -0.376 e. The molecule has 1 fully saturated rings. The SMILES string of the molecule is CC1CN(C(C)C(=O)Nc2ccc([N+](=O)[O-])cc2)CCO1. The van der Waals surface area contributed by atoms with E-state index in [0.29, 0.717) is 12.3 Å². The van der Waals surface area contributed by atoms with Gasteiger partial charge in [0.15, 0.2) is 0 Å². The first-order chi connectivity index (χ1) is 9.97. The van der Waals surface area contributed by atoms with E-state index in [2.05, 4.69) is 10.2 Å². The maximum atomic E-state index is 12.2. The second kappa shape index (κ2) is 6.64. The Kier molecular flexibility index (Phi) is 4.87. The van der Waals surface area contributed by atoms with E-state index in [-0.39, 0.29) is 23.7 Å². The van der Waals surface area contributed by atoms with Gasteiger partial charge in [0, 0.05) is 30.9 Å². The average Bonchev–Trinajstić information content (AvgIpc) is 2.47. The highest BCUT2D eigenvalue weighted by Crippen LogP contribution is 2.16. The minimum atomic E-state index is -0.469. The summed E-state index contributed by atoms with van der Waals surface area (Å²) in [7, 11) is 0. The zero-order valence-corrected chi connectivity index (χ0v) is 12.1. The van der Waals surface area contributed by atoms with Crippen LogP contribution in [0.2, 0.25) is 0 Å². The van der Waals surface area contributed by atoms with Gasteiger partial charge in [0.1, 0.15) is 0 Å². The summed E-state index contributed by atoms with van der Waals surface area (Å²) in [6.45, 7) is 5.89. The molecule has 0 saturated carbocycles. The van der Waals surface area contributed by atoms with Gasteiger partial charge in [-0.25, -0.2) is 0 Å². The first-order valence-corrected chi connectivity index (χ1v) is 6.88. The van der Waals surface area contributed by atoms with Crippen LogP contribution in [0.5, 0.6) is 0 Å². The fourth-order valence-electron chi connectivity index (χ4n) is 2.28. The number of hydrogen-bond acceptors (Lipinski definition) is 5. The third-order valence-corrected chi connectivity index (χ3v) is 3.55. The van der Waals surface area contributed by atoms with Crippen LogP contribution in [0, 0.1) is 10.1 Å². The smallest absolute Gasteiger partial charge is 0.269 e. The molecule has 0 spiro atoms. The molecule has 0 bridgehead atoms. The Morgan fingerprint density at radius 1 is 1.48 bits per heavy atom. The number of carbonyl (C=O) groups excluding carboxylic acids is 1. The largest absolute Gasteiger partial charge is 0.376 e. The van der Waals surface area contributed by atoms with Crippen LogP contribution in [0.15, 0.2) is 24.3 Å². The molecule has 0 aromatic heterocycles. The number of rotatable bonds is 4. The van der Waals surface area contributed by atoms with Crippen LogP contribution in [0.1, 0.15) is 13.8 Å². The van der Waals surface area contributed by atoms with E-state index >= 15 is 0 Å². The molecule has 2 rings (SSSR count). The van der Waals surface area contributed by atoms with Crippen molar-refractivity contribution >= 4 is 17.3 Å². The van der Waals surface area contributed by atoms with Crippen LogP contribution in [0.3, 0.4) is 0 Å². The predicted molar refractivity (Wildman–Crippen MR) is 78.2 cm³/mol. The van der Waals surface area contributed by atoms with E-state index in [9.17, 15) is 14.9 Å².